The molecule has 0 bridgehead atoms. The number of aromatic nitrogens is 4. The number of hydrogen-bond acceptors (Lipinski definition) is 9. The molecule has 42 heavy (non-hydrogen) atoms. The second-order valence-electron chi connectivity index (χ2n) is 10.1. The van der Waals surface area contributed by atoms with Crippen LogP contribution in [0.25, 0.3) is 22.4 Å². The minimum Gasteiger partial charge on any atom is -0.463 e. The Morgan fingerprint density at radius 3 is 2.45 bits per heavy atom. The van der Waals surface area contributed by atoms with Crippen LogP contribution < -0.4 is 10.1 Å². The van der Waals surface area contributed by atoms with Gasteiger partial charge in [0.25, 0.3) is 0 Å². The van der Waals surface area contributed by atoms with Gasteiger partial charge < -0.3 is 14.8 Å². The predicted molar refractivity (Wildman–Crippen MR) is 150 cm³/mol. The molecule has 1 aliphatic rings. The van der Waals surface area contributed by atoms with E-state index in [9.17, 15) is 21.6 Å². The predicted octanol–water partition coefficient (Wildman–Crippen LogP) is 5.21. The van der Waals surface area contributed by atoms with Crippen LogP contribution in [0.4, 0.5) is 24.7 Å². The Balaban J connectivity index is 1.54. The van der Waals surface area contributed by atoms with Crippen molar-refractivity contribution in [2.45, 2.75) is 31.8 Å². The zero-order valence-corrected chi connectivity index (χ0v) is 24.0. The van der Waals surface area contributed by atoms with E-state index in [-0.39, 0.29) is 46.9 Å². The maximum Gasteiger partial charge on any atom is 0.418 e. The van der Waals surface area contributed by atoms with Crippen LogP contribution in [0.1, 0.15) is 25.0 Å². The van der Waals surface area contributed by atoms with Gasteiger partial charge in [-0.15, -0.1) is 0 Å². The zero-order valence-electron chi connectivity index (χ0n) is 23.1. The minimum absolute atomic E-state index is 0.00468. The second kappa shape index (κ2) is 11.8. The van der Waals surface area contributed by atoms with Crippen molar-refractivity contribution in [1.29, 1.82) is 0 Å². The number of nitrogens with zero attached hydrogens (tertiary/aromatic N) is 5. The lowest BCUT2D eigenvalue weighted by Crippen LogP contribution is -2.40. The molecule has 1 N–H and O–H groups in total. The molecule has 1 fully saturated rings. The number of benzene rings is 1. The molecule has 3 aromatic heterocycles. The van der Waals surface area contributed by atoms with Gasteiger partial charge >= 0.3 is 12.2 Å². The van der Waals surface area contributed by atoms with Crippen molar-refractivity contribution in [3.63, 3.8) is 0 Å². The third-order valence-corrected chi connectivity index (χ3v) is 8.38. The van der Waals surface area contributed by atoms with E-state index in [1.807, 2.05) is 13.8 Å². The number of morpholine rings is 1. The first-order chi connectivity index (χ1) is 19.9. The third-order valence-electron chi connectivity index (χ3n) is 6.47. The van der Waals surface area contributed by atoms with Crippen LogP contribution in [0, 0.1) is 12.8 Å². The van der Waals surface area contributed by atoms with Gasteiger partial charge in [-0.3, -0.25) is 4.98 Å². The molecule has 1 aliphatic heterocycles. The summed E-state index contributed by atoms with van der Waals surface area (Å²) in [5, 5.41) is 3.64. The Hall–Kier alpha value is -3.88. The molecule has 0 atom stereocenters. The van der Waals surface area contributed by atoms with E-state index in [4.69, 9.17) is 9.47 Å². The summed E-state index contributed by atoms with van der Waals surface area (Å²) in [5.41, 5.74) is -0.0231. The van der Waals surface area contributed by atoms with Gasteiger partial charge in [-0.25, -0.2) is 13.4 Å². The smallest absolute Gasteiger partial charge is 0.418 e. The van der Waals surface area contributed by atoms with E-state index in [0.717, 1.165) is 6.07 Å². The summed E-state index contributed by atoms with van der Waals surface area (Å²) < 4.78 is 79.6. The highest BCUT2D eigenvalue weighted by molar-refractivity contribution is 7.89. The van der Waals surface area contributed by atoms with Crippen LogP contribution >= 0.6 is 0 Å². The van der Waals surface area contributed by atoms with Gasteiger partial charge in [0, 0.05) is 25.0 Å². The van der Waals surface area contributed by atoms with Crippen molar-refractivity contribution in [2.24, 2.45) is 5.92 Å². The lowest BCUT2D eigenvalue weighted by molar-refractivity contribution is -0.137. The molecule has 5 rings (SSSR count). The molecule has 0 spiro atoms. The largest absolute Gasteiger partial charge is 0.463 e. The summed E-state index contributed by atoms with van der Waals surface area (Å²) in [5.74, 6) is 0.460. The summed E-state index contributed by atoms with van der Waals surface area (Å²) >= 11 is 0. The SMILES string of the molecule is Cc1cc(-c2ncccc2C(F)(F)F)nc2nc(OCC(C)C)nc(Nc3ccc(S(=O)(=O)N4CCOCC4)cc3)c12. The molecule has 1 saturated heterocycles. The van der Waals surface area contributed by atoms with Crippen molar-refractivity contribution < 1.29 is 31.1 Å². The van der Waals surface area contributed by atoms with E-state index in [1.54, 1.807) is 19.1 Å². The van der Waals surface area contributed by atoms with Crippen molar-refractivity contribution >= 4 is 32.6 Å². The topological polar surface area (TPSA) is 119 Å². The van der Waals surface area contributed by atoms with Crippen LogP contribution in [-0.2, 0) is 20.9 Å². The zero-order chi connectivity index (χ0) is 30.1. The van der Waals surface area contributed by atoms with Gasteiger partial charge in [0.15, 0.2) is 5.65 Å². The fourth-order valence-corrected chi connectivity index (χ4v) is 5.84. The molecule has 10 nitrogen and oxygen atoms in total. The number of rotatable bonds is 8. The standard InChI is InChI=1S/C28H29F3N6O4S/c1-17(2)16-41-27-35-25(33-19-6-8-20(9-7-19)42(38,39)37-11-13-40-14-12-37)23-18(3)15-22(34-26(23)36-27)24-21(28(29,30)31)5-4-10-32-24/h4-10,15,17H,11-14,16H2,1-3H3,(H,33,34,35,36). The fourth-order valence-electron chi connectivity index (χ4n) is 4.44. The highest BCUT2D eigenvalue weighted by Crippen LogP contribution is 2.37. The molecular weight excluding hydrogens is 573 g/mol. The summed E-state index contributed by atoms with van der Waals surface area (Å²) in [6.07, 6.45) is -3.35. The highest BCUT2D eigenvalue weighted by atomic mass is 32.2. The third kappa shape index (κ3) is 6.30. The molecular formula is C28H29F3N6O4S. The maximum absolute atomic E-state index is 13.7. The molecule has 14 heteroatoms. The van der Waals surface area contributed by atoms with Crippen LogP contribution in [-0.4, -0.2) is 65.6 Å². The van der Waals surface area contributed by atoms with E-state index in [1.165, 1.54) is 34.8 Å². The van der Waals surface area contributed by atoms with Crippen LogP contribution in [0.3, 0.4) is 0 Å². The number of fused-ring (bicyclic) bond motifs is 1. The molecule has 4 aromatic rings. The first-order valence-corrected chi connectivity index (χ1v) is 14.7. The van der Waals surface area contributed by atoms with Gasteiger partial charge in [0.2, 0.25) is 10.0 Å². The molecule has 4 heterocycles. The molecule has 0 unspecified atom stereocenters. The van der Waals surface area contributed by atoms with Gasteiger partial charge in [0.1, 0.15) is 11.5 Å². The van der Waals surface area contributed by atoms with E-state index >= 15 is 0 Å². The number of ether oxygens (including phenoxy) is 2. The first-order valence-electron chi connectivity index (χ1n) is 13.2. The summed E-state index contributed by atoms with van der Waals surface area (Å²) in [6, 6.07) is 9.88. The Morgan fingerprint density at radius 1 is 1.07 bits per heavy atom. The van der Waals surface area contributed by atoms with Gasteiger partial charge in [0.05, 0.1) is 41.4 Å². The summed E-state index contributed by atoms with van der Waals surface area (Å²) in [6.45, 7) is 7.17. The normalized spacial score (nSPS) is 14.8. The monoisotopic (exact) mass is 602 g/mol. The number of sulfonamides is 1. The number of aryl methyl sites for hydroxylation is 1. The average molecular weight is 603 g/mol. The number of hydrogen-bond donors (Lipinski definition) is 1. The van der Waals surface area contributed by atoms with E-state index < -0.39 is 21.8 Å². The van der Waals surface area contributed by atoms with Crippen molar-refractivity contribution in [3.8, 4) is 17.4 Å². The first kappa shape index (κ1) is 29.6. The Bertz CT molecular complexity index is 1690. The van der Waals surface area contributed by atoms with Gasteiger partial charge in [-0.1, -0.05) is 13.8 Å². The van der Waals surface area contributed by atoms with Crippen LogP contribution in [0.5, 0.6) is 6.01 Å². The summed E-state index contributed by atoms with van der Waals surface area (Å²) in [4.78, 5) is 17.5. The van der Waals surface area contributed by atoms with E-state index in [0.29, 0.717) is 42.3 Å². The van der Waals surface area contributed by atoms with Crippen molar-refractivity contribution in [3.05, 3.63) is 59.8 Å². The minimum atomic E-state index is -4.63. The van der Waals surface area contributed by atoms with E-state index in [2.05, 4.69) is 25.3 Å². The Kier molecular flexibility index (Phi) is 8.30. The van der Waals surface area contributed by atoms with Crippen molar-refractivity contribution in [1.82, 2.24) is 24.2 Å². The molecule has 0 amide bonds. The molecule has 0 saturated carbocycles. The number of nitrogens with one attached hydrogen (secondary N) is 1. The Morgan fingerprint density at radius 2 is 1.79 bits per heavy atom. The summed E-state index contributed by atoms with van der Waals surface area (Å²) in [7, 11) is -3.68. The quantitative estimate of drug-likeness (QED) is 0.290. The van der Waals surface area contributed by atoms with Crippen molar-refractivity contribution in [2.75, 3.05) is 38.2 Å². The maximum atomic E-state index is 13.7. The second-order valence-corrected chi connectivity index (χ2v) is 12.1. The molecule has 0 aliphatic carbocycles. The lowest BCUT2D eigenvalue weighted by atomic mass is 10.1. The number of pyridine rings is 2. The number of alkyl halides is 3. The van der Waals surface area contributed by atoms with Gasteiger partial charge in [-0.2, -0.15) is 27.4 Å². The number of halogens is 3. The fraction of sp³-hybridized carbons (Fsp3) is 0.357. The Labute approximate surface area is 241 Å². The molecule has 1 aromatic carbocycles. The van der Waals surface area contributed by atoms with Crippen LogP contribution in [0.15, 0.2) is 53.6 Å². The average Bonchev–Trinajstić information content (AvgIpc) is 2.96. The van der Waals surface area contributed by atoms with Crippen LogP contribution in [0.2, 0.25) is 0 Å². The van der Waals surface area contributed by atoms with Gasteiger partial charge in [-0.05, 0) is 60.9 Å². The molecule has 222 valence electrons. The lowest BCUT2D eigenvalue weighted by Gasteiger charge is -2.26. The highest BCUT2D eigenvalue weighted by Gasteiger charge is 2.35. The molecule has 0 radical (unpaired) electrons. The number of anilines is 2.